The summed E-state index contributed by atoms with van der Waals surface area (Å²) in [4.78, 5) is 25.4. The molecule has 4 nitrogen and oxygen atoms in total. The van der Waals surface area contributed by atoms with Crippen molar-refractivity contribution in [1.82, 2.24) is 0 Å². The molecule has 0 radical (unpaired) electrons. The average Bonchev–Trinajstić information content (AvgIpc) is 2.47. The standard InChI is InChI=1S/C15H13NO3/c17-11-16-14-8-6-13(7-9-14)15(18)19-10-12-4-2-1-3-5-12/h1-6,8H,7,9-10H2. The van der Waals surface area contributed by atoms with Gasteiger partial charge in [0.05, 0.1) is 5.70 Å². The summed E-state index contributed by atoms with van der Waals surface area (Å²) < 4.78 is 5.22. The van der Waals surface area contributed by atoms with Crippen LogP contribution in [0.5, 0.6) is 0 Å². The first kappa shape index (κ1) is 13.0. The molecular weight excluding hydrogens is 242 g/mol. The number of carbonyl (C=O) groups is 1. The van der Waals surface area contributed by atoms with Gasteiger partial charge in [0.2, 0.25) is 6.08 Å². The van der Waals surface area contributed by atoms with Crippen molar-refractivity contribution in [3.63, 3.8) is 0 Å². The van der Waals surface area contributed by atoms with Gasteiger partial charge in [0, 0.05) is 5.57 Å². The van der Waals surface area contributed by atoms with Gasteiger partial charge in [0.25, 0.3) is 0 Å². The first-order valence-electron chi connectivity index (χ1n) is 5.98. The third-order valence-corrected chi connectivity index (χ3v) is 2.79. The molecule has 0 aliphatic heterocycles. The minimum Gasteiger partial charge on any atom is -0.457 e. The largest absolute Gasteiger partial charge is 0.457 e. The number of hydrogen-bond acceptors (Lipinski definition) is 4. The molecule has 0 N–H and O–H groups in total. The molecule has 2 rings (SSSR count). The molecule has 0 aromatic heterocycles. The van der Waals surface area contributed by atoms with E-state index < -0.39 is 0 Å². The predicted molar refractivity (Wildman–Crippen MR) is 69.8 cm³/mol. The Labute approximate surface area is 111 Å². The van der Waals surface area contributed by atoms with Gasteiger partial charge >= 0.3 is 5.97 Å². The summed E-state index contributed by atoms with van der Waals surface area (Å²) in [5.74, 6) is -0.325. The number of allylic oxidation sites excluding steroid dienone is 3. The van der Waals surface area contributed by atoms with Gasteiger partial charge < -0.3 is 4.74 Å². The fourth-order valence-corrected chi connectivity index (χ4v) is 1.76. The molecule has 19 heavy (non-hydrogen) atoms. The van der Waals surface area contributed by atoms with Crippen molar-refractivity contribution in [1.29, 1.82) is 0 Å². The second kappa shape index (κ2) is 6.47. The lowest BCUT2D eigenvalue weighted by Crippen LogP contribution is -2.09. The molecule has 0 atom stereocenters. The smallest absolute Gasteiger partial charge is 0.334 e. The Bertz CT molecular complexity index is 566. The van der Waals surface area contributed by atoms with E-state index in [2.05, 4.69) is 4.99 Å². The number of esters is 1. The Morgan fingerprint density at radius 3 is 2.63 bits per heavy atom. The highest BCUT2D eigenvalue weighted by molar-refractivity contribution is 5.89. The van der Waals surface area contributed by atoms with E-state index in [1.165, 1.54) is 6.08 Å². The molecule has 0 spiro atoms. The first-order chi connectivity index (χ1) is 9.29. The van der Waals surface area contributed by atoms with Gasteiger partial charge in [-0.3, -0.25) is 0 Å². The Balaban J connectivity index is 1.93. The molecule has 0 amide bonds. The number of aliphatic imine (C=N–C) groups is 1. The summed E-state index contributed by atoms with van der Waals surface area (Å²) in [6.45, 7) is 0.264. The molecule has 1 aliphatic rings. The molecule has 0 heterocycles. The molecule has 1 aromatic rings. The van der Waals surface area contributed by atoms with Crippen molar-refractivity contribution in [3.05, 3.63) is 59.3 Å². The summed E-state index contributed by atoms with van der Waals surface area (Å²) in [5, 5.41) is 0. The normalized spacial score (nSPS) is 13.9. The van der Waals surface area contributed by atoms with E-state index >= 15 is 0 Å². The second-order valence-corrected chi connectivity index (χ2v) is 4.11. The zero-order valence-corrected chi connectivity index (χ0v) is 10.3. The monoisotopic (exact) mass is 255 g/mol. The average molecular weight is 255 g/mol. The predicted octanol–water partition coefficient (Wildman–Crippen LogP) is 2.67. The zero-order chi connectivity index (χ0) is 13.5. The maximum absolute atomic E-state index is 11.8. The molecule has 0 bridgehead atoms. The minimum absolute atomic E-state index is 0.264. The second-order valence-electron chi connectivity index (χ2n) is 4.11. The quantitative estimate of drug-likeness (QED) is 0.472. The molecule has 0 saturated carbocycles. The van der Waals surface area contributed by atoms with Gasteiger partial charge in [-0.15, -0.1) is 0 Å². The number of carbonyl (C=O) groups excluding carboxylic acids is 2. The van der Waals surface area contributed by atoms with Crippen LogP contribution in [0.15, 0.2) is 58.7 Å². The van der Waals surface area contributed by atoms with Crippen LogP contribution in [0, 0.1) is 0 Å². The fourth-order valence-electron chi connectivity index (χ4n) is 1.76. The summed E-state index contributed by atoms with van der Waals surface area (Å²) in [7, 11) is 0. The van der Waals surface area contributed by atoms with E-state index in [0.29, 0.717) is 24.1 Å². The number of benzene rings is 1. The summed E-state index contributed by atoms with van der Waals surface area (Å²) >= 11 is 0. The van der Waals surface area contributed by atoms with E-state index in [4.69, 9.17) is 4.74 Å². The van der Waals surface area contributed by atoms with Crippen LogP contribution in [0.4, 0.5) is 0 Å². The van der Waals surface area contributed by atoms with E-state index in [1.807, 2.05) is 30.3 Å². The highest BCUT2D eigenvalue weighted by Crippen LogP contribution is 2.20. The van der Waals surface area contributed by atoms with Crippen molar-refractivity contribution in [2.75, 3.05) is 0 Å². The third kappa shape index (κ3) is 3.76. The highest BCUT2D eigenvalue weighted by atomic mass is 16.5. The van der Waals surface area contributed by atoms with Crippen LogP contribution in [-0.2, 0) is 20.9 Å². The van der Waals surface area contributed by atoms with Gasteiger partial charge in [0.1, 0.15) is 6.61 Å². The number of isocyanates is 1. The van der Waals surface area contributed by atoms with Gasteiger partial charge in [-0.25, -0.2) is 9.59 Å². The maximum atomic E-state index is 11.8. The van der Waals surface area contributed by atoms with Crippen LogP contribution in [0.2, 0.25) is 0 Å². The van der Waals surface area contributed by atoms with Crippen molar-refractivity contribution >= 4 is 12.0 Å². The van der Waals surface area contributed by atoms with E-state index in [-0.39, 0.29) is 12.6 Å². The number of ether oxygens (including phenoxy) is 1. The number of nitrogens with zero attached hydrogens (tertiary/aromatic N) is 1. The van der Waals surface area contributed by atoms with Gasteiger partial charge in [0.15, 0.2) is 0 Å². The van der Waals surface area contributed by atoms with Crippen LogP contribution in [0.3, 0.4) is 0 Å². The minimum atomic E-state index is -0.325. The highest BCUT2D eigenvalue weighted by Gasteiger charge is 2.14. The molecule has 1 aromatic carbocycles. The van der Waals surface area contributed by atoms with Crippen molar-refractivity contribution in [2.24, 2.45) is 4.99 Å². The van der Waals surface area contributed by atoms with Gasteiger partial charge in [-0.05, 0) is 30.6 Å². The van der Waals surface area contributed by atoms with Crippen LogP contribution in [0.1, 0.15) is 18.4 Å². The lowest BCUT2D eigenvalue weighted by molar-refractivity contribution is -0.140. The molecule has 96 valence electrons. The fraction of sp³-hybridized carbons (Fsp3) is 0.200. The van der Waals surface area contributed by atoms with Crippen LogP contribution in [-0.4, -0.2) is 12.0 Å². The Morgan fingerprint density at radius 2 is 2.00 bits per heavy atom. The molecule has 1 aliphatic carbocycles. The first-order valence-corrected chi connectivity index (χ1v) is 5.98. The Morgan fingerprint density at radius 1 is 1.21 bits per heavy atom. The molecule has 0 saturated heterocycles. The van der Waals surface area contributed by atoms with Crippen LogP contribution >= 0.6 is 0 Å². The molecule has 0 unspecified atom stereocenters. The zero-order valence-electron chi connectivity index (χ0n) is 10.3. The van der Waals surface area contributed by atoms with Crippen LogP contribution < -0.4 is 0 Å². The molecule has 0 fully saturated rings. The lowest BCUT2D eigenvalue weighted by Gasteiger charge is -2.11. The SMILES string of the molecule is O=C=NC1=CC=C(C(=O)OCc2ccccc2)CC1. The van der Waals surface area contributed by atoms with E-state index in [1.54, 1.807) is 12.2 Å². The summed E-state index contributed by atoms with van der Waals surface area (Å²) in [6, 6.07) is 9.51. The molecule has 4 heteroatoms. The summed E-state index contributed by atoms with van der Waals surface area (Å²) in [5.41, 5.74) is 2.18. The van der Waals surface area contributed by atoms with Gasteiger partial charge in [-0.2, -0.15) is 4.99 Å². The van der Waals surface area contributed by atoms with Crippen molar-refractivity contribution in [3.8, 4) is 0 Å². The van der Waals surface area contributed by atoms with Crippen LogP contribution in [0.25, 0.3) is 0 Å². The van der Waals surface area contributed by atoms with E-state index in [0.717, 1.165) is 5.56 Å². The Hall–Kier alpha value is -2.45. The number of hydrogen-bond donors (Lipinski definition) is 0. The van der Waals surface area contributed by atoms with Gasteiger partial charge in [-0.1, -0.05) is 30.3 Å². The maximum Gasteiger partial charge on any atom is 0.334 e. The summed E-state index contributed by atoms with van der Waals surface area (Å²) in [6.07, 6.45) is 5.87. The number of rotatable bonds is 4. The topological polar surface area (TPSA) is 55.7 Å². The van der Waals surface area contributed by atoms with Crippen molar-refractivity contribution in [2.45, 2.75) is 19.4 Å². The Kier molecular flexibility index (Phi) is 4.43. The lowest BCUT2D eigenvalue weighted by atomic mass is 10.0. The third-order valence-electron chi connectivity index (χ3n) is 2.79. The van der Waals surface area contributed by atoms with Crippen molar-refractivity contribution < 1.29 is 14.3 Å². The molecular formula is C15H13NO3. The van der Waals surface area contributed by atoms with E-state index in [9.17, 15) is 9.59 Å².